The molecule has 0 aliphatic heterocycles. The van der Waals surface area contributed by atoms with Crippen LogP contribution in [0.3, 0.4) is 0 Å². The van der Waals surface area contributed by atoms with Crippen LogP contribution in [0.25, 0.3) is 0 Å². The molecule has 2 aromatic heterocycles. The van der Waals surface area contributed by atoms with Gasteiger partial charge in [0.25, 0.3) is 0 Å². The van der Waals surface area contributed by atoms with Gasteiger partial charge in [-0.15, -0.1) is 0 Å². The molecule has 0 fully saturated rings. The summed E-state index contributed by atoms with van der Waals surface area (Å²) in [6, 6.07) is 3.31. The zero-order valence-corrected chi connectivity index (χ0v) is 11.3. The first-order valence-corrected chi connectivity index (χ1v) is 6.41. The van der Waals surface area contributed by atoms with Crippen LogP contribution in [0.15, 0.2) is 34.0 Å². The number of carbonyl (C=O) groups excluding carboxylic acids is 1. The number of furan rings is 1. The van der Waals surface area contributed by atoms with Crippen molar-refractivity contribution in [2.24, 2.45) is 0 Å². The van der Waals surface area contributed by atoms with Crippen molar-refractivity contribution in [2.45, 2.75) is 17.2 Å². The Morgan fingerprint density at radius 3 is 2.84 bits per heavy atom. The van der Waals surface area contributed by atoms with Gasteiger partial charge in [-0.2, -0.15) is 0 Å². The van der Waals surface area contributed by atoms with E-state index in [-0.39, 0.29) is 11.0 Å². The summed E-state index contributed by atoms with van der Waals surface area (Å²) in [7, 11) is 1.31. The van der Waals surface area contributed by atoms with E-state index in [0.29, 0.717) is 16.6 Å². The first-order valence-electron chi connectivity index (χ1n) is 5.53. The molecule has 0 amide bonds. The van der Waals surface area contributed by atoms with E-state index in [1.807, 2.05) is 6.92 Å². The number of hydrogen-bond acceptors (Lipinski definition) is 7. The number of carbonyl (C=O) groups is 1. The average Bonchev–Trinajstić information content (AvgIpc) is 2.90. The van der Waals surface area contributed by atoms with Gasteiger partial charge in [0, 0.05) is 12.4 Å². The maximum atomic E-state index is 11.3. The van der Waals surface area contributed by atoms with Crippen molar-refractivity contribution in [1.82, 2.24) is 9.97 Å². The van der Waals surface area contributed by atoms with Gasteiger partial charge in [0.1, 0.15) is 10.8 Å². The highest BCUT2D eigenvalue weighted by molar-refractivity contribution is 7.99. The Balaban J connectivity index is 2.12. The molecule has 0 aromatic carbocycles. The minimum absolute atomic E-state index is 0.0441. The molecule has 0 aliphatic rings. The zero-order valence-electron chi connectivity index (χ0n) is 10.5. The quantitative estimate of drug-likeness (QED) is 0.678. The number of nitrogens with zero attached hydrogens (tertiary/aromatic N) is 2. The molecule has 2 rings (SSSR count). The van der Waals surface area contributed by atoms with Crippen molar-refractivity contribution in [1.29, 1.82) is 0 Å². The Bertz CT molecular complexity index is 585. The third kappa shape index (κ3) is 3.05. The van der Waals surface area contributed by atoms with Gasteiger partial charge in [0.2, 0.25) is 5.76 Å². The Morgan fingerprint density at radius 1 is 1.42 bits per heavy atom. The monoisotopic (exact) mass is 279 g/mol. The van der Waals surface area contributed by atoms with Crippen molar-refractivity contribution in [3.05, 3.63) is 36.0 Å². The van der Waals surface area contributed by atoms with E-state index in [4.69, 9.17) is 10.2 Å². The van der Waals surface area contributed by atoms with Crippen molar-refractivity contribution < 1.29 is 13.9 Å². The molecule has 19 heavy (non-hydrogen) atoms. The fourth-order valence-electron chi connectivity index (χ4n) is 1.43. The molecule has 0 bridgehead atoms. The van der Waals surface area contributed by atoms with Gasteiger partial charge in [0.05, 0.1) is 12.4 Å². The average molecular weight is 279 g/mol. The molecule has 1 atom stereocenters. The molecule has 7 heteroatoms. The molecule has 2 N–H and O–H groups in total. The molecule has 0 saturated carbocycles. The first kappa shape index (κ1) is 13.4. The molecule has 2 heterocycles. The summed E-state index contributed by atoms with van der Waals surface area (Å²) >= 11 is 1.41. The minimum atomic E-state index is -0.498. The number of thioether (sulfide) groups is 1. The Labute approximate surface area is 114 Å². The fourth-order valence-corrected chi connectivity index (χ4v) is 2.31. The van der Waals surface area contributed by atoms with Crippen LogP contribution in [0.4, 0.5) is 5.82 Å². The summed E-state index contributed by atoms with van der Waals surface area (Å²) < 4.78 is 10.0. The molecule has 100 valence electrons. The van der Waals surface area contributed by atoms with Gasteiger partial charge in [0.15, 0.2) is 5.82 Å². The number of nitrogens with two attached hydrogens (primary N) is 1. The van der Waals surface area contributed by atoms with Crippen molar-refractivity contribution >= 4 is 23.5 Å². The smallest absolute Gasteiger partial charge is 0.373 e. The van der Waals surface area contributed by atoms with Crippen LogP contribution in [0.2, 0.25) is 0 Å². The maximum Gasteiger partial charge on any atom is 0.373 e. The summed E-state index contributed by atoms with van der Waals surface area (Å²) in [5.41, 5.74) is 5.72. The number of aromatic nitrogens is 2. The van der Waals surface area contributed by atoms with E-state index >= 15 is 0 Å². The summed E-state index contributed by atoms with van der Waals surface area (Å²) in [4.78, 5) is 19.4. The predicted molar refractivity (Wildman–Crippen MR) is 70.8 cm³/mol. The number of anilines is 1. The minimum Gasteiger partial charge on any atom is -0.463 e. The lowest BCUT2D eigenvalue weighted by molar-refractivity contribution is 0.0563. The van der Waals surface area contributed by atoms with Crippen LogP contribution in [0.5, 0.6) is 0 Å². The van der Waals surface area contributed by atoms with Crippen molar-refractivity contribution in [3.8, 4) is 0 Å². The molecule has 1 unspecified atom stereocenters. The second-order valence-electron chi connectivity index (χ2n) is 3.70. The van der Waals surface area contributed by atoms with Crippen molar-refractivity contribution in [2.75, 3.05) is 12.8 Å². The van der Waals surface area contributed by atoms with Gasteiger partial charge in [-0.3, -0.25) is 0 Å². The second-order valence-corrected chi connectivity index (χ2v) is 5.03. The third-order valence-corrected chi connectivity index (χ3v) is 3.52. The standard InChI is InChI=1S/C12H13N3O3S/c1-7(19-11-10(13)14-5-6-15-11)8-3-4-9(18-8)12(16)17-2/h3-7H,1-2H3,(H2,13,14). The summed E-state index contributed by atoms with van der Waals surface area (Å²) in [6.07, 6.45) is 3.11. The Morgan fingerprint density at radius 2 is 2.16 bits per heavy atom. The molecule has 6 nitrogen and oxygen atoms in total. The highest BCUT2D eigenvalue weighted by Gasteiger charge is 2.17. The van der Waals surface area contributed by atoms with Gasteiger partial charge >= 0.3 is 5.97 Å². The molecule has 0 aliphatic carbocycles. The third-order valence-electron chi connectivity index (χ3n) is 2.39. The first-order chi connectivity index (χ1) is 9.11. The summed E-state index contributed by atoms with van der Waals surface area (Å²) in [5, 5.41) is 0.587. The van der Waals surface area contributed by atoms with Crippen LogP contribution in [-0.2, 0) is 4.74 Å². The molecular weight excluding hydrogens is 266 g/mol. The van der Waals surface area contributed by atoms with E-state index in [1.165, 1.54) is 25.1 Å². The number of esters is 1. The van der Waals surface area contributed by atoms with E-state index in [9.17, 15) is 4.79 Å². The summed E-state index contributed by atoms with van der Waals surface area (Å²) in [5.74, 6) is 0.703. The molecule has 2 aromatic rings. The van der Waals surface area contributed by atoms with Gasteiger partial charge in [-0.05, 0) is 19.1 Å². The topological polar surface area (TPSA) is 91.2 Å². The highest BCUT2D eigenvalue weighted by Crippen LogP contribution is 2.36. The normalized spacial score (nSPS) is 12.1. The SMILES string of the molecule is COC(=O)c1ccc(C(C)Sc2nccnc2N)o1. The number of ether oxygens (including phenoxy) is 1. The number of methoxy groups -OCH3 is 1. The lowest BCUT2D eigenvalue weighted by atomic mass is 10.3. The van der Waals surface area contributed by atoms with E-state index in [0.717, 1.165) is 0 Å². The highest BCUT2D eigenvalue weighted by atomic mass is 32.2. The summed E-state index contributed by atoms with van der Waals surface area (Å²) in [6.45, 7) is 1.93. The largest absolute Gasteiger partial charge is 0.463 e. The Kier molecular flexibility index (Phi) is 4.06. The number of hydrogen-bond donors (Lipinski definition) is 1. The molecule has 0 saturated heterocycles. The Hall–Kier alpha value is -2.02. The van der Waals surface area contributed by atoms with Crippen LogP contribution in [0.1, 0.15) is 28.5 Å². The predicted octanol–water partition coefficient (Wildman–Crippen LogP) is 2.29. The second kappa shape index (κ2) is 5.75. The van der Waals surface area contributed by atoms with Gasteiger partial charge in [-0.1, -0.05) is 11.8 Å². The van der Waals surface area contributed by atoms with Crippen LogP contribution >= 0.6 is 11.8 Å². The van der Waals surface area contributed by atoms with Crippen LogP contribution < -0.4 is 5.73 Å². The number of rotatable bonds is 4. The maximum absolute atomic E-state index is 11.3. The van der Waals surface area contributed by atoms with E-state index in [1.54, 1.807) is 18.3 Å². The molecule has 0 radical (unpaired) electrons. The fraction of sp³-hybridized carbons (Fsp3) is 0.250. The molecular formula is C12H13N3O3S. The lowest BCUT2D eigenvalue weighted by Gasteiger charge is -2.08. The van der Waals surface area contributed by atoms with Gasteiger partial charge < -0.3 is 14.9 Å². The number of nitrogen functional groups attached to an aromatic ring is 1. The zero-order chi connectivity index (χ0) is 13.8. The van der Waals surface area contributed by atoms with Crippen LogP contribution in [-0.4, -0.2) is 23.0 Å². The van der Waals surface area contributed by atoms with E-state index in [2.05, 4.69) is 14.7 Å². The van der Waals surface area contributed by atoms with Crippen molar-refractivity contribution in [3.63, 3.8) is 0 Å². The van der Waals surface area contributed by atoms with E-state index < -0.39 is 5.97 Å². The van der Waals surface area contributed by atoms with Crippen LogP contribution in [0, 0.1) is 0 Å². The van der Waals surface area contributed by atoms with Gasteiger partial charge in [-0.25, -0.2) is 14.8 Å². The molecule has 0 spiro atoms. The lowest BCUT2D eigenvalue weighted by Crippen LogP contribution is -1.99.